The van der Waals surface area contributed by atoms with Crippen molar-refractivity contribution in [2.24, 2.45) is 0 Å². The number of carbonyl (C=O) groups excluding carboxylic acids is 1. The summed E-state index contributed by atoms with van der Waals surface area (Å²) in [6.45, 7) is 0. The lowest BCUT2D eigenvalue weighted by atomic mass is 10.2. The minimum atomic E-state index is -4.38. The maximum atomic E-state index is 12.6. The van der Waals surface area contributed by atoms with E-state index in [-0.39, 0.29) is 10.7 Å². The molecule has 0 radical (unpaired) electrons. The average Bonchev–Trinajstić information content (AvgIpc) is 2.18. The van der Waals surface area contributed by atoms with Crippen molar-refractivity contribution in [1.29, 1.82) is 0 Å². The standard InChI is InChI=1S/C10H8ClF4NO/c11-7-5-6(12)1-2-8(7)16-9(17)3-4-10(13,14)15/h1-2,5H,3-4H2,(H,16,17). The Hall–Kier alpha value is -1.30. The molecule has 0 saturated carbocycles. The van der Waals surface area contributed by atoms with Crippen molar-refractivity contribution >= 4 is 23.2 Å². The molecule has 0 saturated heterocycles. The third-order valence-corrected chi connectivity index (χ3v) is 2.15. The summed E-state index contributed by atoms with van der Waals surface area (Å²) in [4.78, 5) is 11.1. The van der Waals surface area contributed by atoms with Gasteiger partial charge in [-0.25, -0.2) is 4.39 Å². The van der Waals surface area contributed by atoms with Gasteiger partial charge in [0.1, 0.15) is 5.82 Å². The largest absolute Gasteiger partial charge is 0.389 e. The fraction of sp³-hybridized carbons (Fsp3) is 0.300. The van der Waals surface area contributed by atoms with E-state index in [9.17, 15) is 22.4 Å². The second-order valence-corrected chi connectivity index (χ2v) is 3.69. The van der Waals surface area contributed by atoms with E-state index in [1.54, 1.807) is 0 Å². The predicted octanol–water partition coefficient (Wildman–Crippen LogP) is 3.76. The van der Waals surface area contributed by atoms with Crippen LogP contribution >= 0.6 is 11.6 Å². The number of nitrogens with one attached hydrogen (secondary N) is 1. The SMILES string of the molecule is O=C(CCC(F)(F)F)Nc1ccc(F)cc1Cl. The number of hydrogen-bond donors (Lipinski definition) is 1. The van der Waals surface area contributed by atoms with Crippen LogP contribution in [0.25, 0.3) is 0 Å². The molecule has 0 aliphatic carbocycles. The lowest BCUT2D eigenvalue weighted by Crippen LogP contribution is -2.16. The summed E-state index contributed by atoms with van der Waals surface area (Å²) in [6.07, 6.45) is -6.29. The number of carbonyl (C=O) groups is 1. The van der Waals surface area contributed by atoms with Crippen LogP contribution in [0, 0.1) is 5.82 Å². The maximum Gasteiger partial charge on any atom is 0.389 e. The van der Waals surface area contributed by atoms with E-state index < -0.39 is 30.7 Å². The molecule has 0 aromatic heterocycles. The second kappa shape index (κ2) is 5.35. The van der Waals surface area contributed by atoms with Crippen LogP contribution < -0.4 is 5.32 Å². The molecule has 0 unspecified atom stereocenters. The number of rotatable bonds is 3. The molecule has 1 amide bonds. The van der Waals surface area contributed by atoms with Gasteiger partial charge in [0.15, 0.2) is 0 Å². The van der Waals surface area contributed by atoms with Crippen LogP contribution in [0.4, 0.5) is 23.2 Å². The summed E-state index contributed by atoms with van der Waals surface area (Å²) in [7, 11) is 0. The molecule has 1 aromatic carbocycles. The fourth-order valence-corrected chi connectivity index (χ4v) is 1.27. The van der Waals surface area contributed by atoms with E-state index in [4.69, 9.17) is 11.6 Å². The number of anilines is 1. The number of halogens is 5. The van der Waals surface area contributed by atoms with E-state index in [2.05, 4.69) is 5.32 Å². The highest BCUT2D eigenvalue weighted by atomic mass is 35.5. The minimum absolute atomic E-state index is 0.0645. The lowest BCUT2D eigenvalue weighted by Gasteiger charge is -2.08. The van der Waals surface area contributed by atoms with Crippen molar-refractivity contribution in [3.8, 4) is 0 Å². The van der Waals surface area contributed by atoms with Crippen LogP contribution in [-0.4, -0.2) is 12.1 Å². The molecule has 0 spiro atoms. The third kappa shape index (κ3) is 5.04. The van der Waals surface area contributed by atoms with E-state index in [1.807, 2.05) is 0 Å². The van der Waals surface area contributed by atoms with Crippen molar-refractivity contribution in [2.45, 2.75) is 19.0 Å². The van der Waals surface area contributed by atoms with Gasteiger partial charge in [-0.3, -0.25) is 4.79 Å². The van der Waals surface area contributed by atoms with Crippen molar-refractivity contribution in [2.75, 3.05) is 5.32 Å². The summed E-state index contributed by atoms with van der Waals surface area (Å²) in [6, 6.07) is 3.19. The molecule has 1 aromatic rings. The van der Waals surface area contributed by atoms with Crippen molar-refractivity contribution in [1.82, 2.24) is 0 Å². The van der Waals surface area contributed by atoms with Gasteiger partial charge < -0.3 is 5.32 Å². The van der Waals surface area contributed by atoms with Gasteiger partial charge in [0.25, 0.3) is 0 Å². The zero-order valence-electron chi connectivity index (χ0n) is 8.44. The quantitative estimate of drug-likeness (QED) is 0.832. The first-order valence-electron chi connectivity index (χ1n) is 4.59. The molecule has 0 aliphatic heterocycles. The van der Waals surface area contributed by atoms with E-state index in [0.717, 1.165) is 12.1 Å². The average molecular weight is 270 g/mol. The monoisotopic (exact) mass is 269 g/mol. The van der Waals surface area contributed by atoms with E-state index >= 15 is 0 Å². The molecule has 1 N–H and O–H groups in total. The summed E-state index contributed by atoms with van der Waals surface area (Å²) in [5, 5.41) is 2.11. The Labute approximate surface area is 99.6 Å². The Morgan fingerprint density at radius 3 is 2.53 bits per heavy atom. The highest BCUT2D eigenvalue weighted by Gasteiger charge is 2.27. The normalized spacial score (nSPS) is 11.4. The molecule has 0 aliphatic rings. The molecular formula is C10H8ClF4NO. The topological polar surface area (TPSA) is 29.1 Å². The van der Waals surface area contributed by atoms with Crippen LogP contribution in [0.3, 0.4) is 0 Å². The van der Waals surface area contributed by atoms with Crippen LogP contribution in [0.15, 0.2) is 18.2 Å². The van der Waals surface area contributed by atoms with Crippen LogP contribution in [-0.2, 0) is 4.79 Å². The first kappa shape index (κ1) is 13.8. The minimum Gasteiger partial charge on any atom is -0.325 e. The number of alkyl halides is 3. The van der Waals surface area contributed by atoms with Gasteiger partial charge in [-0.15, -0.1) is 0 Å². The second-order valence-electron chi connectivity index (χ2n) is 3.29. The number of amides is 1. The highest BCUT2D eigenvalue weighted by molar-refractivity contribution is 6.33. The zero-order valence-corrected chi connectivity index (χ0v) is 9.20. The Morgan fingerprint density at radius 2 is 2.00 bits per heavy atom. The Bertz CT molecular complexity index is 419. The van der Waals surface area contributed by atoms with Gasteiger partial charge >= 0.3 is 6.18 Å². The molecule has 7 heteroatoms. The molecule has 0 heterocycles. The molecule has 0 bridgehead atoms. The number of hydrogen-bond acceptors (Lipinski definition) is 1. The van der Waals surface area contributed by atoms with Gasteiger partial charge in [0.05, 0.1) is 17.1 Å². The smallest absolute Gasteiger partial charge is 0.325 e. The van der Waals surface area contributed by atoms with E-state index in [1.165, 1.54) is 6.07 Å². The summed E-state index contributed by atoms with van der Waals surface area (Å²) < 4.78 is 48.1. The first-order chi connectivity index (χ1) is 7.78. The molecular weight excluding hydrogens is 262 g/mol. The lowest BCUT2D eigenvalue weighted by molar-refractivity contribution is -0.142. The molecule has 2 nitrogen and oxygen atoms in total. The molecule has 17 heavy (non-hydrogen) atoms. The number of benzene rings is 1. The van der Waals surface area contributed by atoms with Gasteiger partial charge in [0.2, 0.25) is 5.91 Å². The van der Waals surface area contributed by atoms with E-state index in [0.29, 0.717) is 0 Å². The van der Waals surface area contributed by atoms with Crippen molar-refractivity contribution < 1.29 is 22.4 Å². The van der Waals surface area contributed by atoms with Gasteiger partial charge in [-0.2, -0.15) is 13.2 Å². The van der Waals surface area contributed by atoms with Crippen molar-refractivity contribution in [3.05, 3.63) is 29.0 Å². The summed E-state index contributed by atoms with van der Waals surface area (Å²) >= 11 is 5.59. The van der Waals surface area contributed by atoms with Crippen LogP contribution in [0.2, 0.25) is 5.02 Å². The molecule has 94 valence electrons. The predicted molar refractivity (Wildman–Crippen MR) is 55.3 cm³/mol. The van der Waals surface area contributed by atoms with Gasteiger partial charge in [-0.05, 0) is 18.2 Å². The summed E-state index contributed by atoms with van der Waals surface area (Å²) in [5.41, 5.74) is 0.0836. The molecule has 1 rings (SSSR count). The molecule has 0 atom stereocenters. The third-order valence-electron chi connectivity index (χ3n) is 1.84. The zero-order chi connectivity index (χ0) is 13.1. The Kier molecular flexibility index (Phi) is 4.34. The summed E-state index contributed by atoms with van der Waals surface area (Å²) in [5.74, 6) is -1.42. The highest BCUT2D eigenvalue weighted by Crippen LogP contribution is 2.24. The van der Waals surface area contributed by atoms with Crippen molar-refractivity contribution in [3.63, 3.8) is 0 Å². The maximum absolute atomic E-state index is 12.6. The van der Waals surface area contributed by atoms with Gasteiger partial charge in [-0.1, -0.05) is 11.6 Å². The Morgan fingerprint density at radius 1 is 1.35 bits per heavy atom. The first-order valence-corrected chi connectivity index (χ1v) is 4.97. The molecule has 0 fully saturated rings. The Balaban J connectivity index is 2.57. The fourth-order valence-electron chi connectivity index (χ4n) is 1.06. The van der Waals surface area contributed by atoms with Gasteiger partial charge in [0, 0.05) is 6.42 Å². The van der Waals surface area contributed by atoms with Crippen LogP contribution in [0.5, 0.6) is 0 Å². The van der Waals surface area contributed by atoms with Crippen LogP contribution in [0.1, 0.15) is 12.8 Å².